The molecule has 0 spiro atoms. The number of carbonyl (C=O) groups is 1. The number of ether oxygens (including phenoxy) is 1. The Labute approximate surface area is 127 Å². The van der Waals surface area contributed by atoms with Crippen molar-refractivity contribution in [3.63, 3.8) is 0 Å². The molecule has 2 aromatic rings. The highest BCUT2D eigenvalue weighted by molar-refractivity contribution is 6.03. The molecule has 0 atom stereocenters. The largest absolute Gasteiger partial charge is 0.378 e. The molecule has 0 bridgehead atoms. The van der Waals surface area contributed by atoms with E-state index in [1.165, 1.54) is 24.3 Å². The lowest BCUT2D eigenvalue weighted by atomic mass is 10.2. The molecule has 3 rings (SSSR count). The molecule has 5 nitrogen and oxygen atoms in total. The Bertz CT molecular complexity index is 655. The van der Waals surface area contributed by atoms with Crippen molar-refractivity contribution in [3.8, 4) is 0 Å². The van der Waals surface area contributed by atoms with Gasteiger partial charge in [0.1, 0.15) is 11.5 Å². The summed E-state index contributed by atoms with van der Waals surface area (Å²) in [6.07, 6.45) is 1.62. The minimum atomic E-state index is -0.342. The van der Waals surface area contributed by atoms with Crippen LogP contribution in [0.25, 0.3) is 0 Å². The summed E-state index contributed by atoms with van der Waals surface area (Å²) in [6, 6.07) is 9.25. The number of hydrogen-bond donors (Lipinski definition) is 1. The third-order valence-electron chi connectivity index (χ3n) is 3.45. The van der Waals surface area contributed by atoms with Crippen molar-refractivity contribution in [3.05, 3.63) is 54.1 Å². The Morgan fingerprint density at radius 1 is 1.18 bits per heavy atom. The summed E-state index contributed by atoms with van der Waals surface area (Å²) in [6.45, 7) is 2.95. The van der Waals surface area contributed by atoms with Crippen LogP contribution in [0.2, 0.25) is 0 Å². The van der Waals surface area contributed by atoms with Crippen LogP contribution in [0.15, 0.2) is 42.6 Å². The summed E-state index contributed by atoms with van der Waals surface area (Å²) in [5.41, 5.74) is 1.81. The second kappa shape index (κ2) is 6.53. The standard InChI is InChI=1S/C16H16FN3O2/c17-12-1-3-13(4-2-12)19-16(21)15-11-14(5-6-18-15)20-7-9-22-10-8-20/h1-6,11H,7-10H2,(H,19,21). The van der Waals surface area contributed by atoms with Crippen molar-refractivity contribution < 1.29 is 13.9 Å². The van der Waals surface area contributed by atoms with Crippen LogP contribution in [0, 0.1) is 5.82 Å². The van der Waals surface area contributed by atoms with E-state index in [4.69, 9.17) is 4.74 Å². The van der Waals surface area contributed by atoms with Gasteiger partial charge in [0.15, 0.2) is 0 Å². The molecule has 1 amide bonds. The SMILES string of the molecule is O=C(Nc1ccc(F)cc1)c1cc(N2CCOCC2)ccn1. The first-order valence-corrected chi connectivity index (χ1v) is 7.08. The first-order chi connectivity index (χ1) is 10.7. The van der Waals surface area contributed by atoms with E-state index < -0.39 is 0 Å². The van der Waals surface area contributed by atoms with Crippen LogP contribution in [-0.2, 0) is 4.74 Å². The van der Waals surface area contributed by atoms with Crippen LogP contribution in [0.5, 0.6) is 0 Å². The molecule has 2 heterocycles. The number of nitrogens with zero attached hydrogens (tertiary/aromatic N) is 2. The van der Waals surface area contributed by atoms with Gasteiger partial charge in [0.05, 0.1) is 13.2 Å². The zero-order valence-corrected chi connectivity index (χ0v) is 12.0. The Hall–Kier alpha value is -2.47. The lowest BCUT2D eigenvalue weighted by Gasteiger charge is -2.28. The van der Waals surface area contributed by atoms with Crippen molar-refractivity contribution >= 4 is 17.3 Å². The number of nitrogens with one attached hydrogen (secondary N) is 1. The zero-order chi connectivity index (χ0) is 15.4. The van der Waals surface area contributed by atoms with E-state index in [-0.39, 0.29) is 11.7 Å². The van der Waals surface area contributed by atoms with Crippen LogP contribution in [0.1, 0.15) is 10.5 Å². The lowest BCUT2D eigenvalue weighted by molar-refractivity contribution is 0.102. The molecule has 1 N–H and O–H groups in total. The first-order valence-electron chi connectivity index (χ1n) is 7.08. The Morgan fingerprint density at radius 3 is 2.64 bits per heavy atom. The van der Waals surface area contributed by atoms with Crippen LogP contribution in [0.4, 0.5) is 15.8 Å². The van der Waals surface area contributed by atoms with E-state index in [9.17, 15) is 9.18 Å². The third kappa shape index (κ3) is 3.40. The molecule has 1 aromatic heterocycles. The van der Waals surface area contributed by atoms with Crippen molar-refractivity contribution in [2.45, 2.75) is 0 Å². The third-order valence-corrected chi connectivity index (χ3v) is 3.45. The second-order valence-electron chi connectivity index (χ2n) is 4.96. The summed E-state index contributed by atoms with van der Waals surface area (Å²) < 4.78 is 18.2. The minimum absolute atomic E-state index is 0.318. The maximum atomic E-state index is 12.9. The lowest BCUT2D eigenvalue weighted by Crippen LogP contribution is -2.36. The highest BCUT2D eigenvalue weighted by Gasteiger charge is 2.14. The molecule has 22 heavy (non-hydrogen) atoms. The van der Waals surface area contributed by atoms with Gasteiger partial charge in [-0.15, -0.1) is 0 Å². The predicted octanol–water partition coefficient (Wildman–Crippen LogP) is 2.31. The van der Waals surface area contributed by atoms with Gasteiger partial charge in [-0.2, -0.15) is 0 Å². The molecule has 0 unspecified atom stereocenters. The monoisotopic (exact) mass is 301 g/mol. The summed E-state index contributed by atoms with van der Waals surface area (Å²) in [7, 11) is 0. The van der Waals surface area contributed by atoms with E-state index >= 15 is 0 Å². The molecular formula is C16H16FN3O2. The van der Waals surface area contributed by atoms with E-state index in [0.29, 0.717) is 24.6 Å². The van der Waals surface area contributed by atoms with Gasteiger partial charge in [-0.05, 0) is 36.4 Å². The number of benzene rings is 1. The Kier molecular flexibility index (Phi) is 4.29. The van der Waals surface area contributed by atoms with Crippen LogP contribution < -0.4 is 10.2 Å². The molecule has 114 valence electrons. The number of rotatable bonds is 3. The molecule has 0 saturated carbocycles. The summed E-state index contributed by atoms with van der Waals surface area (Å²) >= 11 is 0. The van der Waals surface area contributed by atoms with Gasteiger partial charge in [0.2, 0.25) is 0 Å². The van der Waals surface area contributed by atoms with Crippen LogP contribution in [0.3, 0.4) is 0 Å². The fourth-order valence-electron chi connectivity index (χ4n) is 2.29. The van der Waals surface area contributed by atoms with Crippen LogP contribution in [-0.4, -0.2) is 37.2 Å². The topological polar surface area (TPSA) is 54.5 Å². The smallest absolute Gasteiger partial charge is 0.274 e. The predicted molar refractivity (Wildman–Crippen MR) is 81.6 cm³/mol. The minimum Gasteiger partial charge on any atom is -0.378 e. The van der Waals surface area contributed by atoms with Gasteiger partial charge in [-0.25, -0.2) is 4.39 Å². The number of hydrogen-bond acceptors (Lipinski definition) is 4. The number of anilines is 2. The van der Waals surface area contributed by atoms with Gasteiger partial charge in [-0.1, -0.05) is 0 Å². The number of pyridine rings is 1. The normalized spacial score (nSPS) is 14.7. The average molecular weight is 301 g/mol. The molecule has 1 saturated heterocycles. The Morgan fingerprint density at radius 2 is 1.91 bits per heavy atom. The summed E-state index contributed by atoms with van der Waals surface area (Å²) in [4.78, 5) is 18.5. The zero-order valence-electron chi connectivity index (χ0n) is 12.0. The maximum Gasteiger partial charge on any atom is 0.274 e. The molecule has 0 radical (unpaired) electrons. The molecular weight excluding hydrogens is 285 g/mol. The average Bonchev–Trinajstić information content (AvgIpc) is 2.58. The van der Waals surface area contributed by atoms with Crippen molar-refractivity contribution in [1.29, 1.82) is 0 Å². The fourth-order valence-corrected chi connectivity index (χ4v) is 2.29. The molecule has 1 aliphatic rings. The summed E-state index contributed by atoms with van der Waals surface area (Å²) in [5.74, 6) is -0.660. The second-order valence-corrected chi connectivity index (χ2v) is 4.96. The first kappa shape index (κ1) is 14.5. The van der Waals surface area contributed by atoms with Crippen LogP contribution >= 0.6 is 0 Å². The summed E-state index contributed by atoms with van der Waals surface area (Å²) in [5, 5.41) is 2.70. The molecule has 6 heteroatoms. The fraction of sp³-hybridized carbons (Fsp3) is 0.250. The number of carbonyl (C=O) groups excluding carboxylic acids is 1. The quantitative estimate of drug-likeness (QED) is 0.945. The van der Waals surface area contributed by atoms with Crippen molar-refractivity contribution in [1.82, 2.24) is 4.98 Å². The van der Waals surface area contributed by atoms with Gasteiger partial charge >= 0.3 is 0 Å². The van der Waals surface area contributed by atoms with E-state index in [0.717, 1.165) is 18.8 Å². The van der Waals surface area contributed by atoms with Gasteiger partial charge in [-0.3, -0.25) is 9.78 Å². The number of halogens is 1. The number of amides is 1. The highest BCUT2D eigenvalue weighted by Crippen LogP contribution is 2.17. The molecule has 0 aliphatic carbocycles. The number of morpholine rings is 1. The van der Waals surface area contributed by atoms with E-state index in [1.807, 2.05) is 6.07 Å². The van der Waals surface area contributed by atoms with E-state index in [1.54, 1.807) is 12.3 Å². The van der Waals surface area contributed by atoms with E-state index in [2.05, 4.69) is 15.2 Å². The van der Waals surface area contributed by atoms with Crippen molar-refractivity contribution in [2.75, 3.05) is 36.5 Å². The van der Waals surface area contributed by atoms with Gasteiger partial charge < -0.3 is 15.0 Å². The molecule has 1 aromatic carbocycles. The van der Waals surface area contributed by atoms with Crippen molar-refractivity contribution in [2.24, 2.45) is 0 Å². The maximum absolute atomic E-state index is 12.9. The highest BCUT2D eigenvalue weighted by atomic mass is 19.1. The molecule has 1 fully saturated rings. The van der Waals surface area contributed by atoms with Gasteiger partial charge in [0.25, 0.3) is 5.91 Å². The van der Waals surface area contributed by atoms with Gasteiger partial charge in [0, 0.05) is 30.7 Å². The Balaban J connectivity index is 1.73. The number of aromatic nitrogens is 1. The molecule has 1 aliphatic heterocycles.